The second-order valence-electron chi connectivity index (χ2n) is 7.42. The molecule has 5 rings (SSSR count). The van der Waals surface area contributed by atoms with Gasteiger partial charge in [0.15, 0.2) is 5.82 Å². The highest BCUT2D eigenvalue weighted by atomic mass is 35.5. The molecular weight excluding hydrogens is 392 g/mol. The van der Waals surface area contributed by atoms with Gasteiger partial charge in [0.25, 0.3) is 5.95 Å². The van der Waals surface area contributed by atoms with Crippen LogP contribution in [-0.2, 0) is 0 Å². The van der Waals surface area contributed by atoms with E-state index >= 15 is 0 Å². The first-order chi connectivity index (χ1) is 13.4. The summed E-state index contributed by atoms with van der Waals surface area (Å²) < 4.78 is 31.8. The lowest BCUT2D eigenvalue weighted by Crippen LogP contribution is -2.74. The van der Waals surface area contributed by atoms with Crippen LogP contribution in [0.25, 0.3) is 0 Å². The van der Waals surface area contributed by atoms with Crippen LogP contribution in [-0.4, -0.2) is 60.2 Å². The molecule has 1 aromatic carbocycles. The van der Waals surface area contributed by atoms with E-state index in [1.807, 2.05) is 0 Å². The molecule has 10 heteroatoms. The fourth-order valence-electron chi connectivity index (χ4n) is 4.06. The SMILES string of the molecule is O=C(N1CC2(C1)CN(c1ncc(F)c(F)n1)C2)N1CCOc2cc(Cl)ccc21. The number of carbonyl (C=O) groups excluding carboxylic acids is 1. The summed E-state index contributed by atoms with van der Waals surface area (Å²) >= 11 is 6.00. The van der Waals surface area contributed by atoms with Gasteiger partial charge < -0.3 is 14.5 Å². The van der Waals surface area contributed by atoms with E-state index in [0.717, 1.165) is 6.20 Å². The molecule has 2 aromatic rings. The Morgan fingerprint density at radius 1 is 1.21 bits per heavy atom. The van der Waals surface area contributed by atoms with E-state index in [0.29, 0.717) is 55.8 Å². The van der Waals surface area contributed by atoms with Gasteiger partial charge in [-0.2, -0.15) is 9.37 Å². The van der Waals surface area contributed by atoms with E-state index in [2.05, 4.69) is 9.97 Å². The van der Waals surface area contributed by atoms with Crippen LogP contribution in [0.1, 0.15) is 0 Å². The molecule has 0 N–H and O–H groups in total. The number of ether oxygens (including phenoxy) is 1. The van der Waals surface area contributed by atoms with Gasteiger partial charge >= 0.3 is 6.03 Å². The number of hydrogen-bond acceptors (Lipinski definition) is 5. The van der Waals surface area contributed by atoms with Gasteiger partial charge in [-0.05, 0) is 12.1 Å². The average Bonchev–Trinajstić information content (AvgIpc) is 2.61. The van der Waals surface area contributed by atoms with Crippen LogP contribution in [0.15, 0.2) is 24.4 Å². The maximum absolute atomic E-state index is 13.3. The van der Waals surface area contributed by atoms with Crippen LogP contribution in [0.2, 0.25) is 5.02 Å². The lowest BCUT2D eigenvalue weighted by atomic mass is 9.73. The van der Waals surface area contributed by atoms with Gasteiger partial charge in [-0.25, -0.2) is 14.2 Å². The highest BCUT2D eigenvalue weighted by Gasteiger charge is 2.54. The maximum atomic E-state index is 13.3. The van der Waals surface area contributed by atoms with E-state index in [4.69, 9.17) is 16.3 Å². The van der Waals surface area contributed by atoms with Crippen molar-refractivity contribution in [2.45, 2.75) is 0 Å². The van der Waals surface area contributed by atoms with Gasteiger partial charge in [-0.3, -0.25) is 4.90 Å². The highest BCUT2D eigenvalue weighted by Crippen LogP contribution is 2.42. The zero-order valence-electron chi connectivity index (χ0n) is 14.7. The number of benzene rings is 1. The van der Waals surface area contributed by atoms with Crippen molar-refractivity contribution >= 4 is 29.3 Å². The number of fused-ring (bicyclic) bond motifs is 1. The van der Waals surface area contributed by atoms with E-state index in [1.54, 1.807) is 32.9 Å². The molecule has 3 aliphatic heterocycles. The number of urea groups is 1. The summed E-state index contributed by atoms with van der Waals surface area (Å²) in [5.41, 5.74) is 0.672. The van der Waals surface area contributed by atoms with Crippen molar-refractivity contribution in [3.63, 3.8) is 0 Å². The lowest BCUT2D eigenvalue weighted by Gasteiger charge is -2.60. The molecule has 2 fully saturated rings. The Bertz CT molecular complexity index is 961. The first-order valence-electron chi connectivity index (χ1n) is 8.86. The van der Waals surface area contributed by atoms with Crippen LogP contribution >= 0.6 is 11.6 Å². The van der Waals surface area contributed by atoms with Crippen LogP contribution in [0.5, 0.6) is 5.75 Å². The standard InChI is InChI=1S/C18H16ClF2N5O2/c19-11-1-2-13-14(5-11)28-4-3-26(13)17(27)25-9-18(10-25)7-24(8-18)16-22-6-12(20)15(21)23-16/h1-2,5-6H,3-4,7-10H2. The second kappa shape index (κ2) is 6.16. The number of nitrogens with zero attached hydrogens (tertiary/aromatic N) is 5. The zero-order chi connectivity index (χ0) is 19.5. The summed E-state index contributed by atoms with van der Waals surface area (Å²) in [6, 6.07) is 5.16. The van der Waals surface area contributed by atoms with Crippen molar-refractivity contribution in [1.82, 2.24) is 14.9 Å². The molecule has 0 aliphatic carbocycles. The largest absolute Gasteiger partial charge is 0.489 e. The number of hydrogen-bond donors (Lipinski definition) is 0. The van der Waals surface area contributed by atoms with E-state index < -0.39 is 11.8 Å². The molecule has 0 bridgehead atoms. The van der Waals surface area contributed by atoms with Crippen molar-refractivity contribution in [1.29, 1.82) is 0 Å². The van der Waals surface area contributed by atoms with Crippen molar-refractivity contribution in [3.05, 3.63) is 41.2 Å². The molecule has 0 saturated carbocycles. The number of rotatable bonds is 1. The van der Waals surface area contributed by atoms with E-state index in [-0.39, 0.29) is 17.4 Å². The lowest BCUT2D eigenvalue weighted by molar-refractivity contribution is 0.00874. The summed E-state index contributed by atoms with van der Waals surface area (Å²) in [6.07, 6.45) is 0.835. The van der Waals surface area contributed by atoms with Crippen LogP contribution < -0.4 is 14.5 Å². The molecule has 2 amide bonds. The van der Waals surface area contributed by atoms with Gasteiger partial charge in [-0.1, -0.05) is 11.6 Å². The first-order valence-corrected chi connectivity index (χ1v) is 9.24. The Labute approximate surface area is 164 Å². The summed E-state index contributed by atoms with van der Waals surface area (Å²) in [4.78, 5) is 25.6. The highest BCUT2D eigenvalue weighted by molar-refractivity contribution is 6.30. The third-order valence-electron chi connectivity index (χ3n) is 5.36. The van der Waals surface area contributed by atoms with E-state index in [9.17, 15) is 13.6 Å². The monoisotopic (exact) mass is 407 g/mol. The van der Waals surface area contributed by atoms with Crippen LogP contribution in [0.4, 0.5) is 25.2 Å². The minimum Gasteiger partial charge on any atom is -0.489 e. The molecule has 3 aliphatic rings. The number of carbonyl (C=O) groups is 1. The third kappa shape index (κ3) is 2.72. The Balaban J connectivity index is 1.22. The molecule has 0 radical (unpaired) electrons. The van der Waals surface area contributed by atoms with Gasteiger partial charge in [0.05, 0.1) is 18.4 Å². The number of likely N-dealkylation sites (tertiary alicyclic amines) is 1. The van der Waals surface area contributed by atoms with Gasteiger partial charge in [0, 0.05) is 42.7 Å². The van der Waals surface area contributed by atoms with Crippen molar-refractivity contribution < 1.29 is 18.3 Å². The zero-order valence-corrected chi connectivity index (χ0v) is 15.5. The van der Waals surface area contributed by atoms with E-state index in [1.165, 1.54) is 0 Å². The first kappa shape index (κ1) is 17.4. The van der Waals surface area contributed by atoms with Gasteiger partial charge in [-0.15, -0.1) is 0 Å². The van der Waals surface area contributed by atoms with Crippen molar-refractivity contribution in [2.75, 3.05) is 49.1 Å². The maximum Gasteiger partial charge on any atom is 0.324 e. The molecule has 0 atom stereocenters. The molecule has 1 aromatic heterocycles. The summed E-state index contributed by atoms with van der Waals surface area (Å²) in [7, 11) is 0. The van der Waals surface area contributed by atoms with Gasteiger partial charge in [0.2, 0.25) is 5.95 Å². The summed E-state index contributed by atoms with van der Waals surface area (Å²) in [5, 5.41) is 0.560. The smallest absolute Gasteiger partial charge is 0.324 e. The number of amides is 2. The molecule has 2 saturated heterocycles. The molecule has 7 nitrogen and oxygen atoms in total. The number of aromatic nitrogens is 2. The fourth-order valence-corrected chi connectivity index (χ4v) is 4.22. The Morgan fingerprint density at radius 2 is 2.00 bits per heavy atom. The van der Waals surface area contributed by atoms with Gasteiger partial charge in [0.1, 0.15) is 12.4 Å². The number of halogens is 3. The van der Waals surface area contributed by atoms with Crippen LogP contribution in [0.3, 0.4) is 0 Å². The van der Waals surface area contributed by atoms with Crippen molar-refractivity contribution in [2.24, 2.45) is 5.41 Å². The Kier molecular flexibility index (Phi) is 3.84. The summed E-state index contributed by atoms with van der Waals surface area (Å²) in [5.74, 6) is -1.44. The predicted octanol–water partition coefficient (Wildman–Crippen LogP) is 2.55. The molecule has 28 heavy (non-hydrogen) atoms. The van der Waals surface area contributed by atoms with Crippen LogP contribution in [0, 0.1) is 17.2 Å². The quantitative estimate of drug-likeness (QED) is 0.680. The molecule has 4 heterocycles. The average molecular weight is 408 g/mol. The van der Waals surface area contributed by atoms with Crippen molar-refractivity contribution in [3.8, 4) is 5.75 Å². The minimum atomic E-state index is -1.15. The second-order valence-corrected chi connectivity index (χ2v) is 7.85. The Morgan fingerprint density at radius 3 is 2.75 bits per heavy atom. The molecule has 146 valence electrons. The topological polar surface area (TPSA) is 61.8 Å². The minimum absolute atomic E-state index is 0.0427. The third-order valence-corrected chi connectivity index (χ3v) is 5.60. The normalized spacial score (nSPS) is 19.6. The molecule has 1 spiro atoms. The molecule has 0 unspecified atom stereocenters. The predicted molar refractivity (Wildman–Crippen MR) is 97.9 cm³/mol. The fraction of sp³-hybridized carbons (Fsp3) is 0.389. The molecular formula is C18H16ClF2N5O2. The Hall–Kier alpha value is -2.68. The number of anilines is 2. The summed E-state index contributed by atoms with van der Waals surface area (Å²) in [6.45, 7) is 3.32.